The zero-order valence-corrected chi connectivity index (χ0v) is 10.3. The van der Waals surface area contributed by atoms with Crippen LogP contribution in [0.2, 0.25) is 0 Å². The van der Waals surface area contributed by atoms with E-state index in [1.54, 1.807) is 6.92 Å². The number of carbonyl (C=O) groups excluding carboxylic acids is 1. The molecule has 8 heteroatoms. The van der Waals surface area contributed by atoms with E-state index in [1.165, 1.54) is 6.07 Å². The summed E-state index contributed by atoms with van der Waals surface area (Å²) in [5.41, 5.74) is 6.08. The third-order valence-corrected chi connectivity index (χ3v) is 3.10. The molecule has 2 rings (SSSR count). The molecule has 1 aromatic heterocycles. The quantitative estimate of drug-likeness (QED) is 0.843. The standard InChI is InChI=1S/C11H14F3N3O2/c1-6-4-8(19-16-6)10(18)17-5-7(15)2-3-9(17)11(12,13)14/h4,7,9H,2-3,5,15H2,1H3/t7-,9+/m0/s1. The SMILES string of the molecule is Cc1cc(C(=O)N2C[C@@H](N)CC[C@@H]2C(F)(F)F)on1. The summed E-state index contributed by atoms with van der Waals surface area (Å²) >= 11 is 0. The van der Waals surface area contributed by atoms with Crippen LogP contribution in [-0.2, 0) is 0 Å². The van der Waals surface area contributed by atoms with Crippen molar-refractivity contribution < 1.29 is 22.5 Å². The predicted molar refractivity (Wildman–Crippen MR) is 59.3 cm³/mol. The smallest absolute Gasteiger partial charge is 0.351 e. The van der Waals surface area contributed by atoms with E-state index in [0.29, 0.717) is 5.69 Å². The summed E-state index contributed by atoms with van der Waals surface area (Å²) in [6, 6.07) is -0.952. The Hall–Kier alpha value is -1.57. The van der Waals surface area contributed by atoms with Crippen LogP contribution in [0.5, 0.6) is 0 Å². The van der Waals surface area contributed by atoms with E-state index >= 15 is 0 Å². The number of carbonyl (C=O) groups is 1. The average molecular weight is 277 g/mol. The normalized spacial score (nSPS) is 24.6. The van der Waals surface area contributed by atoms with Crippen LogP contribution in [0.15, 0.2) is 10.6 Å². The van der Waals surface area contributed by atoms with Gasteiger partial charge in [-0.3, -0.25) is 4.79 Å². The first-order chi connectivity index (χ1) is 8.79. The highest BCUT2D eigenvalue weighted by atomic mass is 19.4. The average Bonchev–Trinajstić information content (AvgIpc) is 2.73. The topological polar surface area (TPSA) is 72.4 Å². The van der Waals surface area contributed by atoms with Gasteiger partial charge in [0, 0.05) is 18.7 Å². The van der Waals surface area contributed by atoms with Gasteiger partial charge in [-0.05, 0) is 19.8 Å². The van der Waals surface area contributed by atoms with Crippen molar-refractivity contribution in [2.45, 2.75) is 38.0 Å². The van der Waals surface area contributed by atoms with Crippen LogP contribution in [0, 0.1) is 6.92 Å². The van der Waals surface area contributed by atoms with Crippen molar-refractivity contribution in [1.29, 1.82) is 0 Å². The van der Waals surface area contributed by atoms with Gasteiger partial charge in [0.15, 0.2) is 0 Å². The number of aromatic nitrogens is 1. The first kappa shape index (κ1) is 13.9. The number of halogens is 3. The number of nitrogens with two attached hydrogens (primary N) is 1. The van der Waals surface area contributed by atoms with Crippen LogP contribution < -0.4 is 5.73 Å². The molecule has 2 heterocycles. The lowest BCUT2D eigenvalue weighted by atomic mass is 9.98. The second kappa shape index (κ2) is 4.84. The first-order valence-electron chi connectivity index (χ1n) is 5.85. The van der Waals surface area contributed by atoms with Crippen LogP contribution in [0.3, 0.4) is 0 Å². The monoisotopic (exact) mass is 277 g/mol. The number of aryl methyl sites for hydroxylation is 1. The molecule has 5 nitrogen and oxygen atoms in total. The maximum absolute atomic E-state index is 12.9. The number of amides is 1. The van der Waals surface area contributed by atoms with Crippen LogP contribution >= 0.6 is 0 Å². The molecule has 0 aliphatic carbocycles. The molecule has 1 saturated heterocycles. The molecule has 0 radical (unpaired) electrons. The van der Waals surface area contributed by atoms with Crippen LogP contribution in [0.1, 0.15) is 29.1 Å². The fraction of sp³-hybridized carbons (Fsp3) is 0.636. The van der Waals surface area contributed by atoms with E-state index in [2.05, 4.69) is 5.16 Å². The summed E-state index contributed by atoms with van der Waals surface area (Å²) in [6.07, 6.45) is -4.42. The number of piperidine rings is 1. The summed E-state index contributed by atoms with van der Waals surface area (Å²) in [6.45, 7) is 1.45. The number of alkyl halides is 3. The number of likely N-dealkylation sites (tertiary alicyclic amines) is 1. The zero-order valence-electron chi connectivity index (χ0n) is 10.3. The van der Waals surface area contributed by atoms with Crippen molar-refractivity contribution in [2.24, 2.45) is 5.73 Å². The highest BCUT2D eigenvalue weighted by molar-refractivity contribution is 5.91. The maximum Gasteiger partial charge on any atom is 0.408 e. The fourth-order valence-corrected chi connectivity index (χ4v) is 2.17. The molecule has 1 aliphatic heterocycles. The minimum absolute atomic E-state index is 0.136. The van der Waals surface area contributed by atoms with Crippen molar-refractivity contribution in [2.75, 3.05) is 6.54 Å². The largest absolute Gasteiger partial charge is 0.408 e. The Bertz CT molecular complexity index is 472. The number of hydrogen-bond donors (Lipinski definition) is 1. The summed E-state index contributed by atoms with van der Waals surface area (Å²) < 4.78 is 43.5. The summed E-state index contributed by atoms with van der Waals surface area (Å²) in [5.74, 6) is -1.01. The van der Waals surface area contributed by atoms with Gasteiger partial charge in [0.1, 0.15) is 6.04 Å². The summed E-state index contributed by atoms with van der Waals surface area (Å²) in [5, 5.41) is 3.50. The molecule has 1 aromatic rings. The first-order valence-corrected chi connectivity index (χ1v) is 5.85. The third kappa shape index (κ3) is 2.89. The highest BCUT2D eigenvalue weighted by Gasteiger charge is 2.48. The Morgan fingerprint density at radius 2 is 2.21 bits per heavy atom. The van der Waals surface area contributed by atoms with Gasteiger partial charge in [-0.25, -0.2) is 0 Å². The van der Waals surface area contributed by atoms with Crippen molar-refractivity contribution >= 4 is 5.91 Å². The second-order valence-corrected chi connectivity index (χ2v) is 4.68. The summed E-state index contributed by atoms with van der Waals surface area (Å²) in [7, 11) is 0. The Morgan fingerprint density at radius 3 is 2.74 bits per heavy atom. The number of nitrogens with zero attached hydrogens (tertiary/aromatic N) is 2. The molecule has 1 amide bonds. The molecule has 106 valence electrons. The van der Waals surface area contributed by atoms with Gasteiger partial charge in [0.2, 0.25) is 5.76 Å². The molecule has 0 unspecified atom stereocenters. The molecule has 0 spiro atoms. The van der Waals surface area contributed by atoms with E-state index in [0.717, 1.165) is 4.90 Å². The lowest BCUT2D eigenvalue weighted by Gasteiger charge is -2.38. The van der Waals surface area contributed by atoms with Gasteiger partial charge in [-0.1, -0.05) is 5.16 Å². The molecular formula is C11H14F3N3O2. The van der Waals surface area contributed by atoms with Crippen molar-refractivity contribution in [3.63, 3.8) is 0 Å². The molecule has 0 aromatic carbocycles. The molecule has 2 N–H and O–H groups in total. The van der Waals surface area contributed by atoms with Gasteiger partial charge in [0.05, 0.1) is 5.69 Å². The molecule has 1 fully saturated rings. The van der Waals surface area contributed by atoms with Crippen LogP contribution in [0.25, 0.3) is 0 Å². The number of rotatable bonds is 1. The van der Waals surface area contributed by atoms with E-state index in [9.17, 15) is 18.0 Å². The van der Waals surface area contributed by atoms with Gasteiger partial charge in [-0.15, -0.1) is 0 Å². The van der Waals surface area contributed by atoms with Crippen LogP contribution in [-0.4, -0.2) is 40.8 Å². The molecule has 2 atom stereocenters. The summed E-state index contributed by atoms with van der Waals surface area (Å²) in [4.78, 5) is 12.8. The Labute approximate surface area is 107 Å². The van der Waals surface area contributed by atoms with E-state index in [-0.39, 0.29) is 25.1 Å². The van der Waals surface area contributed by atoms with Crippen LogP contribution in [0.4, 0.5) is 13.2 Å². The molecule has 0 saturated carbocycles. The maximum atomic E-state index is 12.9. The van der Waals surface area contributed by atoms with E-state index < -0.39 is 24.2 Å². The third-order valence-electron chi connectivity index (χ3n) is 3.10. The lowest BCUT2D eigenvalue weighted by molar-refractivity contribution is -0.184. The Morgan fingerprint density at radius 1 is 1.53 bits per heavy atom. The second-order valence-electron chi connectivity index (χ2n) is 4.68. The number of hydrogen-bond acceptors (Lipinski definition) is 4. The molecular weight excluding hydrogens is 263 g/mol. The molecule has 1 aliphatic rings. The van der Waals surface area contributed by atoms with E-state index in [4.69, 9.17) is 10.3 Å². The van der Waals surface area contributed by atoms with Crippen molar-refractivity contribution in [3.8, 4) is 0 Å². The minimum Gasteiger partial charge on any atom is -0.351 e. The lowest BCUT2D eigenvalue weighted by Crippen LogP contribution is -2.56. The zero-order chi connectivity index (χ0) is 14.2. The predicted octanol–water partition coefficient (Wildman–Crippen LogP) is 1.48. The molecule has 0 bridgehead atoms. The van der Waals surface area contributed by atoms with Gasteiger partial charge < -0.3 is 15.2 Å². The van der Waals surface area contributed by atoms with Gasteiger partial charge >= 0.3 is 6.18 Å². The Kier molecular flexibility index (Phi) is 3.53. The van der Waals surface area contributed by atoms with Gasteiger partial charge in [-0.2, -0.15) is 13.2 Å². The van der Waals surface area contributed by atoms with E-state index in [1.807, 2.05) is 0 Å². The van der Waals surface area contributed by atoms with Gasteiger partial charge in [0.25, 0.3) is 5.91 Å². The highest BCUT2D eigenvalue weighted by Crippen LogP contribution is 2.32. The van der Waals surface area contributed by atoms with Crippen molar-refractivity contribution in [3.05, 3.63) is 17.5 Å². The minimum atomic E-state index is -4.47. The Balaban J connectivity index is 2.25. The molecule has 19 heavy (non-hydrogen) atoms. The van der Waals surface area contributed by atoms with Crippen molar-refractivity contribution in [1.82, 2.24) is 10.1 Å². The fourth-order valence-electron chi connectivity index (χ4n) is 2.17.